The molecular formula is C46H84N7O17P3S. The average Bonchev–Trinajstić information content (AvgIpc) is 3.89. The Morgan fingerprint density at radius 1 is 0.811 bits per heavy atom. The zero-order chi connectivity index (χ0) is 54.8. The first-order valence-electron chi connectivity index (χ1n) is 26.0. The first-order chi connectivity index (χ1) is 34.9. The summed E-state index contributed by atoms with van der Waals surface area (Å²) in [5, 5.41) is 26.7. The summed E-state index contributed by atoms with van der Waals surface area (Å²) >= 11 is 1.16. The number of carbonyl (C=O) groups is 3. The summed E-state index contributed by atoms with van der Waals surface area (Å²) in [5.41, 5.74) is 4.30. The van der Waals surface area contributed by atoms with Gasteiger partial charge in [0.2, 0.25) is 11.8 Å². The number of ether oxygens (including phenoxy) is 1. The molecule has 1 fully saturated rings. The third kappa shape index (κ3) is 25.8. The standard InChI is InChI=1S/C46H84N7O17P3S/c1-5-6-7-8-14-17-20-23-34(2)24-21-18-15-12-10-9-11-13-16-19-22-25-37(55)74-29-28-48-36(54)26-27-49-44(58)41(57)46(3,4)31-67-73(64,65)70-72(62,63)66-30-35-40(69-71(59,60)61)39(56)45(68-35)53-33-52-38-42(47)50-32-51-43(38)53/h32-35,39-41,45,56-57H,5-31H2,1-4H3,(H,48,54)(H,49,58)(H,62,63)(H,64,65)(H2,47,50,51)(H2,59,60,61). The maximum absolute atomic E-state index is 12.8. The number of unbranched alkanes of at least 4 members (excludes halogenated alkanes) is 16. The van der Waals surface area contributed by atoms with Crippen molar-refractivity contribution in [2.75, 3.05) is 37.8 Å². The highest BCUT2D eigenvalue weighted by atomic mass is 32.2. The van der Waals surface area contributed by atoms with E-state index in [0.717, 1.165) is 54.2 Å². The summed E-state index contributed by atoms with van der Waals surface area (Å²) in [4.78, 5) is 88.6. The highest BCUT2D eigenvalue weighted by Crippen LogP contribution is 2.61. The van der Waals surface area contributed by atoms with Crippen molar-refractivity contribution in [3.8, 4) is 0 Å². The summed E-state index contributed by atoms with van der Waals surface area (Å²) in [6.07, 6.45) is 19.4. The second-order valence-electron chi connectivity index (χ2n) is 19.7. The van der Waals surface area contributed by atoms with E-state index in [4.69, 9.17) is 19.5 Å². The van der Waals surface area contributed by atoms with E-state index < -0.39 is 84.6 Å². The monoisotopic (exact) mass is 1130 g/mol. The van der Waals surface area contributed by atoms with Crippen molar-refractivity contribution in [1.82, 2.24) is 30.2 Å². The van der Waals surface area contributed by atoms with Crippen molar-refractivity contribution in [3.63, 3.8) is 0 Å². The fraction of sp³-hybridized carbons (Fsp3) is 0.826. The predicted octanol–water partition coefficient (Wildman–Crippen LogP) is 7.51. The van der Waals surface area contributed by atoms with Crippen LogP contribution in [0, 0.1) is 11.3 Å². The third-order valence-corrected chi connectivity index (χ3v) is 16.7. The molecule has 0 radical (unpaired) electrons. The van der Waals surface area contributed by atoms with Crippen LogP contribution < -0.4 is 16.4 Å². The summed E-state index contributed by atoms with van der Waals surface area (Å²) in [6.45, 7) is 5.27. The van der Waals surface area contributed by atoms with Gasteiger partial charge < -0.3 is 50.9 Å². The van der Waals surface area contributed by atoms with Gasteiger partial charge in [0.15, 0.2) is 22.8 Å². The summed E-state index contributed by atoms with van der Waals surface area (Å²) in [5.74, 6) is -0.156. The lowest BCUT2D eigenvalue weighted by molar-refractivity contribution is -0.137. The maximum atomic E-state index is 12.8. The van der Waals surface area contributed by atoms with E-state index in [9.17, 15) is 57.9 Å². The number of hydrogen-bond acceptors (Lipinski definition) is 18. The molecule has 10 N–H and O–H groups in total. The molecule has 2 amide bonds. The molecule has 2 aromatic heterocycles. The van der Waals surface area contributed by atoms with E-state index in [1.165, 1.54) is 123 Å². The van der Waals surface area contributed by atoms with Crippen molar-refractivity contribution in [2.45, 2.75) is 200 Å². The maximum Gasteiger partial charge on any atom is 0.481 e. The third-order valence-electron chi connectivity index (χ3n) is 12.6. The first-order valence-corrected chi connectivity index (χ1v) is 31.5. The van der Waals surface area contributed by atoms with Crippen LogP contribution in [-0.4, -0.2) is 123 Å². The molecule has 1 aliphatic heterocycles. The Morgan fingerprint density at radius 3 is 1.97 bits per heavy atom. The molecule has 3 rings (SSSR count). The van der Waals surface area contributed by atoms with Crippen LogP contribution in [0.5, 0.6) is 0 Å². The number of nitrogens with two attached hydrogens (primary N) is 1. The Labute approximate surface area is 439 Å². The number of hydrogen-bond donors (Lipinski definition) is 9. The van der Waals surface area contributed by atoms with E-state index in [0.29, 0.717) is 12.2 Å². The lowest BCUT2D eigenvalue weighted by atomic mass is 9.87. The smallest absolute Gasteiger partial charge is 0.386 e. The van der Waals surface area contributed by atoms with Crippen LogP contribution in [0.3, 0.4) is 0 Å². The number of phosphoric ester groups is 3. The number of nitrogen functional groups attached to an aromatic ring is 1. The fourth-order valence-corrected chi connectivity index (χ4v) is 11.9. The number of aliphatic hydroxyl groups is 2. The number of rotatable bonds is 41. The Hall–Kier alpha value is -2.44. The number of amides is 2. The van der Waals surface area contributed by atoms with Gasteiger partial charge in [-0.25, -0.2) is 28.6 Å². The van der Waals surface area contributed by atoms with Crippen LogP contribution in [0.25, 0.3) is 11.2 Å². The second kappa shape index (κ2) is 33.8. The number of nitrogens with zero attached hydrogens (tertiary/aromatic N) is 4. The van der Waals surface area contributed by atoms with Crippen LogP contribution in [0.15, 0.2) is 12.7 Å². The molecule has 2 aromatic rings. The van der Waals surface area contributed by atoms with Crippen molar-refractivity contribution < 1.29 is 80.5 Å². The Balaban J connectivity index is 1.22. The van der Waals surface area contributed by atoms with Crippen LogP contribution in [0.2, 0.25) is 0 Å². The minimum Gasteiger partial charge on any atom is -0.386 e. The molecule has 8 unspecified atom stereocenters. The molecule has 1 aliphatic rings. The predicted molar refractivity (Wildman–Crippen MR) is 279 cm³/mol. The minimum absolute atomic E-state index is 0.0345. The van der Waals surface area contributed by atoms with Crippen molar-refractivity contribution in [2.24, 2.45) is 11.3 Å². The highest BCUT2D eigenvalue weighted by Gasteiger charge is 2.50. The number of anilines is 1. The largest absolute Gasteiger partial charge is 0.481 e. The lowest BCUT2D eigenvalue weighted by Gasteiger charge is -2.30. The van der Waals surface area contributed by atoms with Crippen molar-refractivity contribution in [3.05, 3.63) is 12.7 Å². The van der Waals surface area contributed by atoms with Crippen LogP contribution in [-0.2, 0) is 50.7 Å². The normalized spacial score (nSPS) is 19.8. The van der Waals surface area contributed by atoms with Gasteiger partial charge in [0.1, 0.15) is 36.3 Å². The van der Waals surface area contributed by atoms with E-state index >= 15 is 0 Å². The van der Waals surface area contributed by atoms with Crippen molar-refractivity contribution in [1.29, 1.82) is 0 Å². The number of thioether (sulfide) groups is 1. The summed E-state index contributed by atoms with van der Waals surface area (Å²) < 4.78 is 62.6. The SMILES string of the molecule is CCCCCCCCCC(C)CCCCCCCCCCCCCC(=O)SCCNC(=O)CCNC(=O)C(O)C(C)(C)COP(=O)(O)OP(=O)(O)OCC1OC(n2cnc3c(N)ncnc32)C(O)C1OP(=O)(O)O. The van der Waals surface area contributed by atoms with E-state index in [-0.39, 0.29) is 41.6 Å². The molecule has 1 saturated heterocycles. The number of fused-ring (bicyclic) bond motifs is 1. The molecule has 0 aliphatic carbocycles. The number of nitrogens with one attached hydrogen (secondary N) is 2. The summed E-state index contributed by atoms with van der Waals surface area (Å²) in [7, 11) is -16.4. The minimum atomic E-state index is -5.58. The molecule has 8 atom stereocenters. The number of carbonyl (C=O) groups excluding carboxylic acids is 3. The molecule has 74 heavy (non-hydrogen) atoms. The molecule has 28 heteroatoms. The Bertz CT molecular complexity index is 2140. The van der Waals surface area contributed by atoms with Gasteiger partial charge in [-0.15, -0.1) is 0 Å². The molecule has 0 aromatic carbocycles. The number of aromatic nitrogens is 4. The number of phosphoric acid groups is 3. The van der Waals surface area contributed by atoms with Crippen molar-refractivity contribution >= 4 is 69.1 Å². The Kier molecular flexibility index (Phi) is 30.0. The highest BCUT2D eigenvalue weighted by molar-refractivity contribution is 8.13. The summed E-state index contributed by atoms with van der Waals surface area (Å²) in [6, 6.07) is 0. The average molecular weight is 1130 g/mol. The van der Waals surface area contributed by atoms with Crippen LogP contribution >= 0.6 is 35.2 Å². The lowest BCUT2D eigenvalue weighted by Crippen LogP contribution is -2.46. The number of imidazole rings is 1. The van der Waals surface area contributed by atoms with Crippen LogP contribution in [0.1, 0.15) is 175 Å². The van der Waals surface area contributed by atoms with Gasteiger partial charge in [-0.05, 0) is 12.3 Å². The van der Waals surface area contributed by atoms with Gasteiger partial charge in [-0.1, -0.05) is 161 Å². The first kappa shape index (κ1) is 65.8. The van der Waals surface area contributed by atoms with Gasteiger partial charge in [0.25, 0.3) is 0 Å². The molecule has 426 valence electrons. The second-order valence-corrected chi connectivity index (χ2v) is 25.1. The van der Waals surface area contributed by atoms with Gasteiger partial charge in [0, 0.05) is 37.1 Å². The van der Waals surface area contributed by atoms with E-state index in [1.807, 2.05) is 0 Å². The molecule has 24 nitrogen and oxygen atoms in total. The molecule has 0 bridgehead atoms. The van der Waals surface area contributed by atoms with E-state index in [2.05, 4.69) is 48.3 Å². The fourth-order valence-electron chi connectivity index (χ4n) is 8.31. The molecule has 0 spiro atoms. The van der Waals surface area contributed by atoms with Gasteiger partial charge in [-0.3, -0.25) is 32.5 Å². The zero-order valence-electron chi connectivity index (χ0n) is 43.5. The topological polar surface area (TPSA) is 364 Å². The van der Waals surface area contributed by atoms with Gasteiger partial charge >= 0.3 is 23.5 Å². The molecule has 3 heterocycles. The molecular weight excluding hydrogens is 1050 g/mol. The van der Waals surface area contributed by atoms with Crippen LogP contribution in [0.4, 0.5) is 5.82 Å². The van der Waals surface area contributed by atoms with Gasteiger partial charge in [-0.2, -0.15) is 4.31 Å². The van der Waals surface area contributed by atoms with E-state index in [1.54, 1.807) is 0 Å². The molecule has 0 saturated carbocycles. The zero-order valence-corrected chi connectivity index (χ0v) is 47.0. The Morgan fingerprint density at radius 2 is 1.38 bits per heavy atom. The quantitative estimate of drug-likeness (QED) is 0.0230. The number of aliphatic hydroxyl groups excluding tert-OH is 2. The van der Waals surface area contributed by atoms with Gasteiger partial charge in [0.05, 0.1) is 19.5 Å².